The lowest BCUT2D eigenvalue weighted by atomic mass is 10.1. The third-order valence-corrected chi connectivity index (χ3v) is 5.54. The van der Waals surface area contributed by atoms with Crippen molar-refractivity contribution in [3.05, 3.63) is 86.5 Å². The number of cyclic esters (lactones) is 1. The zero-order chi connectivity index (χ0) is 17.4. The fourth-order valence-corrected chi connectivity index (χ4v) is 3.99. The molecule has 124 valence electrons. The maximum absolute atomic E-state index is 13.3. The SMILES string of the molecule is O=C1O[C@H](c2cccs2)N(C(=O)c2ccccc2Br)c2ccccc21. The average molecular weight is 414 g/mol. The number of amides is 1. The van der Waals surface area contributed by atoms with E-state index in [1.54, 1.807) is 35.2 Å². The molecule has 0 bridgehead atoms. The van der Waals surface area contributed by atoms with Gasteiger partial charge < -0.3 is 4.74 Å². The minimum atomic E-state index is -0.776. The van der Waals surface area contributed by atoms with Gasteiger partial charge in [-0.05, 0) is 51.6 Å². The number of fused-ring (bicyclic) bond motifs is 1. The molecule has 0 aliphatic carbocycles. The Morgan fingerprint density at radius 1 is 1.04 bits per heavy atom. The van der Waals surface area contributed by atoms with Crippen molar-refractivity contribution in [2.75, 3.05) is 4.90 Å². The van der Waals surface area contributed by atoms with Crippen molar-refractivity contribution in [3.8, 4) is 0 Å². The number of hydrogen-bond donors (Lipinski definition) is 0. The summed E-state index contributed by atoms with van der Waals surface area (Å²) in [6.07, 6.45) is -0.776. The van der Waals surface area contributed by atoms with E-state index in [4.69, 9.17) is 4.74 Å². The Hall–Kier alpha value is -2.44. The summed E-state index contributed by atoms with van der Waals surface area (Å²) in [5, 5.41) is 1.89. The topological polar surface area (TPSA) is 46.6 Å². The zero-order valence-corrected chi connectivity index (χ0v) is 15.3. The molecular formula is C19H12BrNO3S. The Balaban J connectivity index is 1.88. The third kappa shape index (κ3) is 2.77. The van der Waals surface area contributed by atoms with Crippen molar-refractivity contribution in [2.24, 2.45) is 0 Å². The number of para-hydroxylation sites is 1. The van der Waals surface area contributed by atoms with Gasteiger partial charge in [0.05, 0.1) is 21.7 Å². The Labute approximate surface area is 156 Å². The molecule has 6 heteroatoms. The number of nitrogens with zero attached hydrogens (tertiary/aromatic N) is 1. The van der Waals surface area contributed by atoms with Gasteiger partial charge in [0.1, 0.15) is 0 Å². The van der Waals surface area contributed by atoms with E-state index in [1.165, 1.54) is 11.3 Å². The first-order chi connectivity index (χ1) is 12.2. The first-order valence-corrected chi connectivity index (χ1v) is 9.25. The fourth-order valence-electron chi connectivity index (χ4n) is 2.80. The highest BCUT2D eigenvalue weighted by atomic mass is 79.9. The largest absolute Gasteiger partial charge is 0.432 e. The van der Waals surface area contributed by atoms with Gasteiger partial charge in [0.25, 0.3) is 5.91 Å². The van der Waals surface area contributed by atoms with Crippen LogP contribution in [-0.2, 0) is 4.74 Å². The summed E-state index contributed by atoms with van der Waals surface area (Å²) in [7, 11) is 0. The van der Waals surface area contributed by atoms with Gasteiger partial charge in [-0.3, -0.25) is 9.69 Å². The summed E-state index contributed by atoms with van der Waals surface area (Å²) in [6, 6.07) is 17.9. The summed E-state index contributed by atoms with van der Waals surface area (Å²) in [5.41, 5.74) is 1.45. The third-order valence-electron chi connectivity index (χ3n) is 3.95. The summed E-state index contributed by atoms with van der Waals surface area (Å²) in [6.45, 7) is 0. The molecule has 1 amide bonds. The van der Waals surface area contributed by atoms with Crippen LogP contribution in [0.2, 0.25) is 0 Å². The predicted molar refractivity (Wildman–Crippen MR) is 99.9 cm³/mol. The van der Waals surface area contributed by atoms with E-state index in [-0.39, 0.29) is 5.91 Å². The first kappa shape index (κ1) is 16.1. The molecule has 1 aliphatic heterocycles. The lowest BCUT2D eigenvalue weighted by Gasteiger charge is -2.35. The van der Waals surface area contributed by atoms with E-state index in [1.807, 2.05) is 35.7 Å². The van der Waals surface area contributed by atoms with Gasteiger partial charge in [-0.15, -0.1) is 11.3 Å². The Morgan fingerprint density at radius 3 is 2.56 bits per heavy atom. The number of rotatable bonds is 2. The van der Waals surface area contributed by atoms with Crippen LogP contribution in [0, 0.1) is 0 Å². The Bertz CT molecular complexity index is 955. The van der Waals surface area contributed by atoms with Gasteiger partial charge in [-0.1, -0.05) is 30.3 Å². The van der Waals surface area contributed by atoms with E-state index in [9.17, 15) is 9.59 Å². The molecule has 4 rings (SSSR count). The molecule has 0 spiro atoms. The van der Waals surface area contributed by atoms with Crippen LogP contribution in [0.4, 0.5) is 5.69 Å². The zero-order valence-electron chi connectivity index (χ0n) is 12.9. The van der Waals surface area contributed by atoms with Crippen molar-refractivity contribution in [3.63, 3.8) is 0 Å². The van der Waals surface area contributed by atoms with Gasteiger partial charge >= 0.3 is 5.97 Å². The quantitative estimate of drug-likeness (QED) is 0.553. The van der Waals surface area contributed by atoms with Gasteiger partial charge in [-0.2, -0.15) is 0 Å². The number of hydrogen-bond acceptors (Lipinski definition) is 4. The smallest absolute Gasteiger partial charge is 0.342 e. The molecule has 0 unspecified atom stereocenters. The van der Waals surface area contributed by atoms with E-state index < -0.39 is 12.2 Å². The van der Waals surface area contributed by atoms with E-state index in [0.29, 0.717) is 21.3 Å². The molecule has 3 aromatic rings. The normalized spacial score (nSPS) is 16.3. The number of carbonyl (C=O) groups is 2. The molecule has 1 aromatic heterocycles. The van der Waals surface area contributed by atoms with Gasteiger partial charge in [0.15, 0.2) is 0 Å². The van der Waals surface area contributed by atoms with E-state index >= 15 is 0 Å². The number of carbonyl (C=O) groups excluding carboxylic acids is 2. The number of halogens is 1. The molecular weight excluding hydrogens is 402 g/mol. The summed E-state index contributed by atoms with van der Waals surface area (Å²) in [4.78, 5) is 28.0. The minimum Gasteiger partial charge on any atom is -0.432 e. The minimum absolute atomic E-state index is 0.231. The van der Waals surface area contributed by atoms with Crippen LogP contribution < -0.4 is 4.90 Å². The molecule has 2 heterocycles. The van der Waals surface area contributed by atoms with Crippen LogP contribution in [0.5, 0.6) is 0 Å². The number of anilines is 1. The highest BCUT2D eigenvalue weighted by Gasteiger charge is 2.38. The monoisotopic (exact) mass is 413 g/mol. The average Bonchev–Trinajstić information content (AvgIpc) is 3.16. The standard InChI is InChI=1S/C19H12BrNO3S/c20-14-8-3-1-6-12(14)17(22)21-15-9-4-2-7-13(15)19(23)24-18(21)16-10-5-11-25-16/h1-11,18H/t18-/m1/s1. The molecule has 0 N–H and O–H groups in total. The molecule has 1 atom stereocenters. The van der Waals surface area contributed by atoms with Crippen LogP contribution in [0.3, 0.4) is 0 Å². The summed E-state index contributed by atoms with van der Waals surface area (Å²) < 4.78 is 6.31. The van der Waals surface area contributed by atoms with Crippen molar-refractivity contribution in [2.45, 2.75) is 6.23 Å². The molecule has 0 fully saturated rings. The number of esters is 1. The molecule has 25 heavy (non-hydrogen) atoms. The highest BCUT2D eigenvalue weighted by Crippen LogP contribution is 2.39. The van der Waals surface area contributed by atoms with Gasteiger partial charge in [0.2, 0.25) is 6.23 Å². The maximum Gasteiger partial charge on any atom is 0.342 e. The van der Waals surface area contributed by atoms with Crippen LogP contribution in [0.15, 0.2) is 70.5 Å². The summed E-state index contributed by atoms with van der Waals surface area (Å²) >= 11 is 4.88. The van der Waals surface area contributed by atoms with Gasteiger partial charge in [-0.25, -0.2) is 4.79 Å². The van der Waals surface area contributed by atoms with E-state index in [2.05, 4.69) is 15.9 Å². The Kier molecular flexibility index (Phi) is 4.15. The van der Waals surface area contributed by atoms with Crippen molar-refractivity contribution in [1.29, 1.82) is 0 Å². The molecule has 4 nitrogen and oxygen atoms in total. The van der Waals surface area contributed by atoms with E-state index in [0.717, 1.165) is 4.88 Å². The second-order valence-electron chi connectivity index (χ2n) is 5.45. The van der Waals surface area contributed by atoms with Crippen molar-refractivity contribution in [1.82, 2.24) is 0 Å². The molecule has 0 saturated heterocycles. The number of ether oxygens (including phenoxy) is 1. The van der Waals surface area contributed by atoms with Crippen molar-refractivity contribution < 1.29 is 14.3 Å². The van der Waals surface area contributed by atoms with Crippen LogP contribution in [0.1, 0.15) is 31.8 Å². The maximum atomic E-state index is 13.3. The molecule has 0 saturated carbocycles. The Morgan fingerprint density at radius 2 is 1.80 bits per heavy atom. The second kappa shape index (κ2) is 6.46. The fraction of sp³-hybridized carbons (Fsp3) is 0.0526. The molecule has 1 aliphatic rings. The lowest BCUT2D eigenvalue weighted by molar-refractivity contribution is 0.0257. The van der Waals surface area contributed by atoms with Crippen LogP contribution >= 0.6 is 27.3 Å². The first-order valence-electron chi connectivity index (χ1n) is 7.58. The lowest BCUT2D eigenvalue weighted by Crippen LogP contribution is -2.41. The summed E-state index contributed by atoms with van der Waals surface area (Å²) in [5.74, 6) is -0.656. The second-order valence-corrected chi connectivity index (χ2v) is 7.28. The van der Waals surface area contributed by atoms with Crippen LogP contribution in [-0.4, -0.2) is 11.9 Å². The molecule has 0 radical (unpaired) electrons. The highest BCUT2D eigenvalue weighted by molar-refractivity contribution is 9.10. The van der Waals surface area contributed by atoms with Crippen LogP contribution in [0.25, 0.3) is 0 Å². The number of benzene rings is 2. The van der Waals surface area contributed by atoms with Gasteiger partial charge in [0, 0.05) is 4.47 Å². The predicted octanol–water partition coefficient (Wildman–Crippen LogP) is 5.03. The van der Waals surface area contributed by atoms with Crippen molar-refractivity contribution >= 4 is 44.8 Å². The molecule has 2 aromatic carbocycles. The number of thiophene rings is 1.